The van der Waals surface area contributed by atoms with Gasteiger partial charge in [0.1, 0.15) is 6.04 Å². The molecule has 7 nitrogen and oxygen atoms in total. The summed E-state index contributed by atoms with van der Waals surface area (Å²) in [4.78, 5) is 35.9. The van der Waals surface area contributed by atoms with E-state index in [0.29, 0.717) is 16.9 Å². The van der Waals surface area contributed by atoms with Crippen LogP contribution in [0.2, 0.25) is 0 Å². The minimum atomic E-state index is -0.627. The predicted octanol–water partition coefficient (Wildman–Crippen LogP) is 0.615. The molecule has 0 aromatic heterocycles. The van der Waals surface area contributed by atoms with Gasteiger partial charge in [0.05, 0.1) is 30.0 Å². The van der Waals surface area contributed by atoms with Crippen LogP contribution in [0.5, 0.6) is 0 Å². The molecule has 1 saturated heterocycles. The number of nitrogens with zero attached hydrogens (tertiary/aromatic N) is 1. The van der Waals surface area contributed by atoms with Crippen molar-refractivity contribution in [2.45, 2.75) is 19.4 Å². The van der Waals surface area contributed by atoms with E-state index in [2.05, 4.69) is 5.32 Å². The smallest absolute Gasteiger partial charge is 0.338 e. The van der Waals surface area contributed by atoms with Crippen LogP contribution in [-0.2, 0) is 14.3 Å². The van der Waals surface area contributed by atoms with E-state index < -0.39 is 12.0 Å². The van der Waals surface area contributed by atoms with Gasteiger partial charge < -0.3 is 15.8 Å². The molecular formula is C14H17N3O4. The first-order valence-corrected chi connectivity index (χ1v) is 6.57. The predicted molar refractivity (Wildman–Crippen MR) is 76.6 cm³/mol. The van der Waals surface area contributed by atoms with Crippen LogP contribution in [0.3, 0.4) is 0 Å². The Labute approximate surface area is 122 Å². The quantitative estimate of drug-likeness (QED) is 0.479. The third kappa shape index (κ3) is 2.96. The molecule has 1 aliphatic heterocycles. The van der Waals surface area contributed by atoms with E-state index in [9.17, 15) is 14.4 Å². The largest absolute Gasteiger partial charge is 0.462 e. The van der Waals surface area contributed by atoms with Crippen LogP contribution in [0.1, 0.15) is 23.7 Å². The Kier molecular flexibility index (Phi) is 4.11. The minimum absolute atomic E-state index is 0.0917. The molecule has 1 unspecified atom stereocenters. The Morgan fingerprint density at radius 2 is 2.19 bits per heavy atom. The van der Waals surface area contributed by atoms with Crippen LogP contribution in [0.4, 0.5) is 11.4 Å². The van der Waals surface area contributed by atoms with E-state index in [1.807, 2.05) is 0 Å². The fourth-order valence-electron chi connectivity index (χ4n) is 2.09. The number of nitrogens with one attached hydrogen (secondary N) is 1. The first-order valence-electron chi connectivity index (χ1n) is 6.57. The van der Waals surface area contributed by atoms with Gasteiger partial charge in [0, 0.05) is 7.05 Å². The number of likely N-dealkylation sites (tertiary alicyclic amines) is 1. The lowest BCUT2D eigenvalue weighted by atomic mass is 10.1. The summed E-state index contributed by atoms with van der Waals surface area (Å²) in [6.45, 7) is 2.00. The van der Waals surface area contributed by atoms with Gasteiger partial charge in [-0.2, -0.15) is 0 Å². The highest BCUT2D eigenvalue weighted by molar-refractivity contribution is 6.06. The molecule has 3 N–H and O–H groups in total. The summed E-state index contributed by atoms with van der Waals surface area (Å²) in [5.74, 6) is -0.990. The number of esters is 1. The van der Waals surface area contributed by atoms with E-state index in [4.69, 9.17) is 10.5 Å². The summed E-state index contributed by atoms with van der Waals surface area (Å²) in [5.41, 5.74) is 7.03. The highest BCUT2D eigenvalue weighted by Gasteiger charge is 2.36. The molecule has 1 aromatic carbocycles. The first-order chi connectivity index (χ1) is 9.93. The molecule has 0 radical (unpaired) electrons. The normalized spacial score (nSPS) is 18.0. The number of ether oxygens (including phenoxy) is 1. The Hall–Kier alpha value is -2.57. The molecule has 1 atom stereocenters. The van der Waals surface area contributed by atoms with Crippen LogP contribution < -0.4 is 11.1 Å². The molecule has 112 valence electrons. The average Bonchev–Trinajstić information content (AvgIpc) is 2.69. The number of hydrogen-bond donors (Lipinski definition) is 2. The number of amides is 2. The number of nitrogen functional groups attached to an aromatic ring is 1. The third-order valence-electron chi connectivity index (χ3n) is 3.27. The molecule has 0 aliphatic carbocycles. The number of carbonyl (C=O) groups is 3. The zero-order chi connectivity index (χ0) is 15.6. The molecular weight excluding hydrogens is 274 g/mol. The number of carbonyl (C=O) groups excluding carboxylic acids is 3. The highest BCUT2D eigenvalue weighted by atomic mass is 16.5. The van der Waals surface area contributed by atoms with Gasteiger partial charge in [-0.25, -0.2) is 4.79 Å². The average molecular weight is 291 g/mol. The number of anilines is 2. The number of rotatable bonds is 4. The molecule has 0 spiro atoms. The Balaban J connectivity index is 2.13. The molecule has 1 aromatic rings. The Bertz CT molecular complexity index is 600. The SMILES string of the molecule is CCOC(=O)c1ccc(NC2CC(=O)N(C)C2=O)c(N)c1. The van der Waals surface area contributed by atoms with E-state index in [1.165, 1.54) is 13.1 Å². The zero-order valence-corrected chi connectivity index (χ0v) is 11.9. The molecule has 0 bridgehead atoms. The maximum absolute atomic E-state index is 11.8. The van der Waals surface area contributed by atoms with E-state index >= 15 is 0 Å². The molecule has 2 rings (SSSR count). The van der Waals surface area contributed by atoms with Crippen LogP contribution in [0.15, 0.2) is 18.2 Å². The molecule has 0 saturated carbocycles. The van der Waals surface area contributed by atoms with Gasteiger partial charge in [-0.05, 0) is 25.1 Å². The number of likely N-dealkylation sites (N-methyl/N-ethyl adjacent to an activating group) is 1. The fraction of sp³-hybridized carbons (Fsp3) is 0.357. The van der Waals surface area contributed by atoms with Crippen molar-refractivity contribution in [3.8, 4) is 0 Å². The standard InChI is InChI=1S/C14H17N3O4/c1-3-21-14(20)8-4-5-10(9(15)6-8)16-11-7-12(18)17(2)13(11)19/h4-6,11,16H,3,7,15H2,1-2H3. The lowest BCUT2D eigenvalue weighted by molar-refractivity contribution is -0.136. The minimum Gasteiger partial charge on any atom is -0.462 e. The molecule has 2 amide bonds. The van der Waals surface area contributed by atoms with Crippen LogP contribution in [-0.4, -0.2) is 42.4 Å². The van der Waals surface area contributed by atoms with E-state index in [-0.39, 0.29) is 24.8 Å². The second kappa shape index (κ2) is 5.82. The van der Waals surface area contributed by atoms with Gasteiger partial charge in [0.15, 0.2) is 0 Å². The Morgan fingerprint density at radius 1 is 1.48 bits per heavy atom. The van der Waals surface area contributed by atoms with Crippen LogP contribution in [0, 0.1) is 0 Å². The maximum Gasteiger partial charge on any atom is 0.338 e. The Morgan fingerprint density at radius 3 is 2.71 bits per heavy atom. The topological polar surface area (TPSA) is 102 Å². The van der Waals surface area contributed by atoms with E-state index in [1.54, 1.807) is 19.1 Å². The lowest BCUT2D eigenvalue weighted by Crippen LogP contribution is -2.32. The number of benzene rings is 1. The molecule has 7 heteroatoms. The van der Waals surface area contributed by atoms with Crippen molar-refractivity contribution in [2.24, 2.45) is 0 Å². The summed E-state index contributed by atoms with van der Waals surface area (Å²) < 4.78 is 4.88. The van der Waals surface area contributed by atoms with Crippen molar-refractivity contribution in [1.82, 2.24) is 4.90 Å². The van der Waals surface area contributed by atoms with Crippen molar-refractivity contribution in [1.29, 1.82) is 0 Å². The zero-order valence-electron chi connectivity index (χ0n) is 11.9. The summed E-state index contributed by atoms with van der Waals surface area (Å²) in [5, 5.41) is 2.93. The molecule has 1 fully saturated rings. The third-order valence-corrected chi connectivity index (χ3v) is 3.27. The number of nitrogens with two attached hydrogens (primary N) is 1. The number of imide groups is 1. The van der Waals surface area contributed by atoms with Crippen molar-refractivity contribution in [3.05, 3.63) is 23.8 Å². The fourth-order valence-corrected chi connectivity index (χ4v) is 2.09. The highest BCUT2D eigenvalue weighted by Crippen LogP contribution is 2.24. The summed E-state index contributed by atoms with van der Waals surface area (Å²) in [6, 6.07) is 4.00. The van der Waals surface area contributed by atoms with Crippen molar-refractivity contribution < 1.29 is 19.1 Å². The van der Waals surface area contributed by atoms with Gasteiger partial charge in [-0.3, -0.25) is 14.5 Å². The van der Waals surface area contributed by atoms with Gasteiger partial charge in [-0.15, -0.1) is 0 Å². The number of hydrogen-bond acceptors (Lipinski definition) is 6. The van der Waals surface area contributed by atoms with Gasteiger partial charge in [0.25, 0.3) is 5.91 Å². The van der Waals surface area contributed by atoms with Crippen molar-refractivity contribution in [2.75, 3.05) is 24.7 Å². The van der Waals surface area contributed by atoms with Crippen molar-refractivity contribution in [3.63, 3.8) is 0 Å². The second-order valence-corrected chi connectivity index (χ2v) is 4.71. The monoisotopic (exact) mass is 291 g/mol. The summed E-state index contributed by atoms with van der Waals surface area (Å²) in [6.07, 6.45) is 0.0917. The lowest BCUT2D eigenvalue weighted by Gasteiger charge is -2.14. The van der Waals surface area contributed by atoms with Crippen molar-refractivity contribution >= 4 is 29.2 Å². The van der Waals surface area contributed by atoms with Crippen LogP contribution >= 0.6 is 0 Å². The van der Waals surface area contributed by atoms with Gasteiger partial charge >= 0.3 is 5.97 Å². The first kappa shape index (κ1) is 14.8. The molecule has 1 heterocycles. The molecule has 21 heavy (non-hydrogen) atoms. The van der Waals surface area contributed by atoms with E-state index in [0.717, 1.165) is 4.90 Å². The van der Waals surface area contributed by atoms with Crippen LogP contribution in [0.25, 0.3) is 0 Å². The molecule has 1 aliphatic rings. The second-order valence-electron chi connectivity index (χ2n) is 4.71. The van der Waals surface area contributed by atoms with Gasteiger partial charge in [-0.1, -0.05) is 0 Å². The van der Waals surface area contributed by atoms with Gasteiger partial charge in [0.2, 0.25) is 5.91 Å². The summed E-state index contributed by atoms with van der Waals surface area (Å²) in [7, 11) is 1.44. The summed E-state index contributed by atoms with van der Waals surface area (Å²) >= 11 is 0. The maximum atomic E-state index is 11.8.